The Balaban J connectivity index is 2.25. The average molecular weight is 285 g/mol. The lowest BCUT2D eigenvalue weighted by atomic mass is 9.90. The predicted octanol–water partition coefficient (Wildman–Crippen LogP) is 4.00. The van der Waals surface area contributed by atoms with Gasteiger partial charge in [0.25, 0.3) is 0 Å². The van der Waals surface area contributed by atoms with Crippen molar-refractivity contribution in [1.29, 1.82) is 0 Å². The summed E-state index contributed by atoms with van der Waals surface area (Å²) in [6, 6.07) is 4.28. The van der Waals surface area contributed by atoms with E-state index in [0.717, 1.165) is 23.3 Å². The second-order valence-corrected chi connectivity index (χ2v) is 5.90. The average Bonchev–Trinajstić information content (AvgIpc) is 2.71. The van der Waals surface area contributed by atoms with E-state index in [-0.39, 0.29) is 11.7 Å². The van der Waals surface area contributed by atoms with Crippen LogP contribution in [0, 0.1) is 26.7 Å². The third kappa shape index (κ3) is 3.23. The molecule has 1 unspecified atom stereocenters. The first-order valence-electron chi connectivity index (χ1n) is 7.33. The number of hydrogen-bond donors (Lipinski definition) is 0. The van der Waals surface area contributed by atoms with Gasteiger partial charge in [0.2, 0.25) is 0 Å². The molecule has 112 valence electrons. The predicted molar refractivity (Wildman–Crippen MR) is 86.5 cm³/mol. The highest BCUT2D eigenvalue weighted by Crippen LogP contribution is 2.34. The monoisotopic (exact) mass is 285 g/mol. The Hall–Kier alpha value is -1.90. The third-order valence-electron chi connectivity index (χ3n) is 3.98. The topological polar surface area (TPSA) is 38.7 Å². The molecule has 1 aliphatic rings. The van der Waals surface area contributed by atoms with Crippen molar-refractivity contribution < 1.29 is 9.63 Å². The van der Waals surface area contributed by atoms with E-state index in [2.05, 4.69) is 44.1 Å². The van der Waals surface area contributed by atoms with Crippen LogP contribution in [0.3, 0.4) is 0 Å². The highest BCUT2D eigenvalue weighted by Gasteiger charge is 2.30. The summed E-state index contributed by atoms with van der Waals surface area (Å²) in [6.45, 7) is 8.14. The number of ketones is 1. The Kier molecular flexibility index (Phi) is 4.61. The summed E-state index contributed by atoms with van der Waals surface area (Å²) in [5.74, 6) is 0.231. The maximum absolute atomic E-state index is 12.7. The molecule has 0 bridgehead atoms. The summed E-state index contributed by atoms with van der Waals surface area (Å²) in [4.78, 5) is 17.4. The minimum Gasteiger partial charge on any atom is -0.399 e. The van der Waals surface area contributed by atoms with Gasteiger partial charge in [-0.2, -0.15) is 0 Å². The second-order valence-electron chi connectivity index (χ2n) is 5.90. The molecule has 0 saturated heterocycles. The molecule has 0 aromatic heterocycles. The first-order valence-corrected chi connectivity index (χ1v) is 7.33. The molecule has 0 fully saturated rings. The van der Waals surface area contributed by atoms with Crippen molar-refractivity contribution in [2.45, 2.75) is 40.5 Å². The number of benzene rings is 1. The van der Waals surface area contributed by atoms with Crippen molar-refractivity contribution in [3.63, 3.8) is 0 Å². The van der Waals surface area contributed by atoms with Gasteiger partial charge in [-0.15, -0.1) is 0 Å². The molecule has 1 atom stereocenters. The molecule has 0 N–H and O–H groups in total. The van der Waals surface area contributed by atoms with Crippen molar-refractivity contribution in [2.75, 3.05) is 7.11 Å². The second kappa shape index (κ2) is 6.25. The summed E-state index contributed by atoms with van der Waals surface area (Å²) in [5, 5.41) is 3.91. The molecule has 0 aliphatic heterocycles. The Morgan fingerprint density at radius 2 is 1.90 bits per heavy atom. The summed E-state index contributed by atoms with van der Waals surface area (Å²) in [7, 11) is 1.53. The summed E-state index contributed by atoms with van der Waals surface area (Å²) in [5.41, 5.74) is 6.43. The number of oxime groups is 1. The van der Waals surface area contributed by atoms with Crippen LogP contribution in [0.5, 0.6) is 0 Å². The number of Topliss-reactive ketones (excluding diaryl/α,β-unsaturated/α-hetero) is 1. The molecule has 1 aliphatic carbocycles. The first kappa shape index (κ1) is 15.5. The molecule has 0 amide bonds. The number of carbonyl (C=O) groups excluding carboxylic acids is 1. The maximum atomic E-state index is 12.7. The molecule has 1 aromatic rings. The fourth-order valence-electron chi connectivity index (χ4n) is 3.24. The number of rotatable bonds is 4. The van der Waals surface area contributed by atoms with Gasteiger partial charge in [-0.05, 0) is 57.2 Å². The Bertz CT molecular complexity index is 603. The molecule has 2 rings (SSSR count). The molecule has 0 heterocycles. The lowest BCUT2D eigenvalue weighted by Crippen LogP contribution is -2.14. The summed E-state index contributed by atoms with van der Waals surface area (Å²) >= 11 is 0. The van der Waals surface area contributed by atoms with Crippen molar-refractivity contribution in [1.82, 2.24) is 0 Å². The van der Waals surface area contributed by atoms with Gasteiger partial charge >= 0.3 is 0 Å². The number of carbonyl (C=O) groups is 1. The van der Waals surface area contributed by atoms with E-state index in [1.807, 2.05) is 6.92 Å². The van der Waals surface area contributed by atoms with E-state index in [0.29, 0.717) is 6.42 Å². The summed E-state index contributed by atoms with van der Waals surface area (Å²) in [6.07, 6.45) is 3.53. The Morgan fingerprint density at radius 1 is 1.29 bits per heavy atom. The smallest absolute Gasteiger partial charge is 0.166 e. The number of allylic oxidation sites excluding steroid dienone is 2. The maximum Gasteiger partial charge on any atom is 0.166 e. The van der Waals surface area contributed by atoms with Crippen molar-refractivity contribution in [2.24, 2.45) is 11.1 Å². The molecule has 0 saturated carbocycles. The third-order valence-corrected chi connectivity index (χ3v) is 3.98. The molecule has 3 nitrogen and oxygen atoms in total. The molecule has 3 heteroatoms. The lowest BCUT2D eigenvalue weighted by Gasteiger charge is -2.13. The van der Waals surface area contributed by atoms with Crippen LogP contribution in [0.2, 0.25) is 0 Å². The van der Waals surface area contributed by atoms with Crippen LogP contribution in [0.15, 0.2) is 23.4 Å². The number of aryl methyl sites for hydroxylation is 3. The van der Waals surface area contributed by atoms with Crippen LogP contribution in [0.1, 0.15) is 42.0 Å². The van der Waals surface area contributed by atoms with Crippen LogP contribution in [0.4, 0.5) is 0 Å². The van der Waals surface area contributed by atoms with Crippen LogP contribution < -0.4 is 0 Å². The highest BCUT2D eigenvalue weighted by molar-refractivity contribution is 6.25. The zero-order chi connectivity index (χ0) is 15.6. The van der Waals surface area contributed by atoms with Gasteiger partial charge in [-0.25, -0.2) is 0 Å². The highest BCUT2D eigenvalue weighted by atomic mass is 16.6. The van der Waals surface area contributed by atoms with E-state index in [9.17, 15) is 4.79 Å². The Morgan fingerprint density at radius 3 is 2.48 bits per heavy atom. The molecule has 21 heavy (non-hydrogen) atoms. The minimum absolute atomic E-state index is 0.000923. The SMILES string of the molecule is CON=C(C)CC1CC=C(c2c(C)cc(C)cc2C)C1=O. The fraction of sp³-hybridized carbons (Fsp3) is 0.444. The van der Waals surface area contributed by atoms with Crippen molar-refractivity contribution in [3.8, 4) is 0 Å². The normalized spacial score (nSPS) is 18.9. The van der Waals surface area contributed by atoms with Crippen LogP contribution in [-0.2, 0) is 9.63 Å². The standard InChI is InChI=1S/C18H23NO2/c1-11-8-12(2)17(13(3)9-11)16-7-6-15(18(16)20)10-14(4)19-21-5/h7-9,15H,6,10H2,1-5H3. The fourth-order valence-corrected chi connectivity index (χ4v) is 3.24. The lowest BCUT2D eigenvalue weighted by molar-refractivity contribution is -0.116. The van der Waals surface area contributed by atoms with Gasteiger partial charge in [0.1, 0.15) is 7.11 Å². The van der Waals surface area contributed by atoms with E-state index >= 15 is 0 Å². The van der Waals surface area contributed by atoms with Crippen molar-refractivity contribution in [3.05, 3.63) is 40.5 Å². The van der Waals surface area contributed by atoms with E-state index < -0.39 is 0 Å². The van der Waals surface area contributed by atoms with E-state index in [4.69, 9.17) is 4.84 Å². The van der Waals surface area contributed by atoms with Crippen LogP contribution in [0.25, 0.3) is 5.57 Å². The summed E-state index contributed by atoms with van der Waals surface area (Å²) < 4.78 is 0. The number of nitrogens with zero attached hydrogens (tertiary/aromatic N) is 1. The van der Waals surface area contributed by atoms with E-state index in [1.165, 1.54) is 23.8 Å². The van der Waals surface area contributed by atoms with Gasteiger partial charge in [-0.1, -0.05) is 28.9 Å². The Labute approximate surface area is 126 Å². The molecular formula is C18H23NO2. The molecule has 0 radical (unpaired) electrons. The van der Waals surface area contributed by atoms with Gasteiger partial charge < -0.3 is 4.84 Å². The van der Waals surface area contributed by atoms with Gasteiger partial charge in [-0.3, -0.25) is 4.79 Å². The largest absolute Gasteiger partial charge is 0.399 e. The molecular weight excluding hydrogens is 262 g/mol. The van der Waals surface area contributed by atoms with Gasteiger partial charge in [0.05, 0.1) is 5.71 Å². The quantitative estimate of drug-likeness (QED) is 0.619. The van der Waals surface area contributed by atoms with Crippen LogP contribution in [-0.4, -0.2) is 18.6 Å². The number of hydrogen-bond acceptors (Lipinski definition) is 3. The van der Waals surface area contributed by atoms with Crippen LogP contribution >= 0.6 is 0 Å². The zero-order valence-electron chi connectivity index (χ0n) is 13.5. The van der Waals surface area contributed by atoms with E-state index in [1.54, 1.807) is 0 Å². The van der Waals surface area contributed by atoms with Gasteiger partial charge in [0.15, 0.2) is 5.78 Å². The first-order chi connectivity index (χ1) is 9.93. The van der Waals surface area contributed by atoms with Crippen molar-refractivity contribution >= 4 is 17.1 Å². The zero-order valence-corrected chi connectivity index (χ0v) is 13.5. The van der Waals surface area contributed by atoms with Gasteiger partial charge in [0, 0.05) is 11.5 Å². The molecule has 1 aromatic carbocycles. The minimum atomic E-state index is -0.000923. The molecule has 0 spiro atoms.